The molecule has 1 atom stereocenters. The summed E-state index contributed by atoms with van der Waals surface area (Å²) in [6.07, 6.45) is 0.957. The third-order valence-corrected chi connectivity index (χ3v) is 5.48. The number of nitrogens with zero attached hydrogens (tertiary/aromatic N) is 2. The molecule has 0 aliphatic heterocycles. The number of hydrogen-bond acceptors (Lipinski definition) is 2. The molecule has 1 unspecified atom stereocenters. The fourth-order valence-corrected chi connectivity index (χ4v) is 3.67. The summed E-state index contributed by atoms with van der Waals surface area (Å²) in [6.45, 7) is 4.18. The van der Waals surface area contributed by atoms with Gasteiger partial charge in [0.2, 0.25) is 0 Å². The van der Waals surface area contributed by atoms with Crippen molar-refractivity contribution in [3.8, 4) is 0 Å². The summed E-state index contributed by atoms with van der Waals surface area (Å²) in [6, 6.07) is 28.9. The molecule has 0 aliphatic rings. The standard InChI is InChI=1S/C28H34N4O.HI/c1-4-29-28(30-20-23-15-17-25(18-16-23)27(33)32(2)3)31-21-26(24-13-9-6-10-14-24)19-22-11-7-5-8-12-22;/h5-18,26H,4,19-21H2,1-3H3,(H2,29,30,31);1H. The SMILES string of the molecule is CCNC(=NCc1ccc(C(=O)N(C)C)cc1)NCC(Cc1ccccc1)c1ccccc1.I. The van der Waals surface area contributed by atoms with Crippen LogP contribution in [0.4, 0.5) is 0 Å². The van der Waals surface area contributed by atoms with Gasteiger partial charge >= 0.3 is 0 Å². The first-order valence-electron chi connectivity index (χ1n) is 11.5. The number of amides is 1. The Balaban J connectivity index is 0.00000408. The summed E-state index contributed by atoms with van der Waals surface area (Å²) < 4.78 is 0. The summed E-state index contributed by atoms with van der Waals surface area (Å²) in [7, 11) is 3.52. The number of nitrogens with one attached hydrogen (secondary N) is 2. The number of halogens is 1. The molecule has 2 N–H and O–H groups in total. The highest BCUT2D eigenvalue weighted by Crippen LogP contribution is 2.20. The number of aliphatic imine (C=N–C) groups is 1. The molecule has 0 heterocycles. The van der Waals surface area contributed by atoms with Gasteiger partial charge in [0.15, 0.2) is 5.96 Å². The molecule has 0 aromatic heterocycles. The van der Waals surface area contributed by atoms with Gasteiger partial charge in [0.25, 0.3) is 5.91 Å². The summed E-state index contributed by atoms with van der Waals surface area (Å²) in [5.74, 6) is 1.12. The summed E-state index contributed by atoms with van der Waals surface area (Å²) in [5, 5.41) is 6.88. The monoisotopic (exact) mass is 570 g/mol. The molecule has 3 aromatic rings. The molecule has 5 nitrogen and oxygen atoms in total. The van der Waals surface area contributed by atoms with Gasteiger partial charge in [-0.05, 0) is 42.2 Å². The van der Waals surface area contributed by atoms with E-state index in [-0.39, 0.29) is 29.9 Å². The highest BCUT2D eigenvalue weighted by molar-refractivity contribution is 14.0. The van der Waals surface area contributed by atoms with E-state index >= 15 is 0 Å². The average Bonchev–Trinajstić information content (AvgIpc) is 2.85. The number of benzene rings is 3. The van der Waals surface area contributed by atoms with E-state index in [1.54, 1.807) is 19.0 Å². The lowest BCUT2D eigenvalue weighted by Crippen LogP contribution is -2.39. The van der Waals surface area contributed by atoms with E-state index in [2.05, 4.69) is 78.2 Å². The first-order chi connectivity index (χ1) is 16.1. The van der Waals surface area contributed by atoms with E-state index in [1.165, 1.54) is 11.1 Å². The van der Waals surface area contributed by atoms with Crippen LogP contribution in [0.15, 0.2) is 89.9 Å². The Hall–Kier alpha value is -2.87. The molecule has 0 bridgehead atoms. The second-order valence-electron chi connectivity index (χ2n) is 8.27. The molecule has 0 radical (unpaired) electrons. The van der Waals surface area contributed by atoms with Crippen molar-refractivity contribution in [3.05, 3.63) is 107 Å². The van der Waals surface area contributed by atoms with E-state index < -0.39 is 0 Å². The summed E-state index contributed by atoms with van der Waals surface area (Å²) in [4.78, 5) is 18.4. The Labute approximate surface area is 220 Å². The minimum absolute atomic E-state index is 0. The van der Waals surface area contributed by atoms with Crippen molar-refractivity contribution in [1.82, 2.24) is 15.5 Å². The van der Waals surface area contributed by atoms with Crippen LogP contribution in [0.25, 0.3) is 0 Å². The Bertz CT molecular complexity index is 1020. The van der Waals surface area contributed by atoms with E-state index in [1.807, 2.05) is 24.3 Å². The molecular formula is C28H35IN4O. The third kappa shape index (κ3) is 8.48. The van der Waals surface area contributed by atoms with Crippen molar-refractivity contribution in [2.45, 2.75) is 25.8 Å². The first kappa shape index (κ1) is 27.4. The molecule has 3 aromatic carbocycles. The van der Waals surface area contributed by atoms with E-state index in [0.717, 1.165) is 31.0 Å². The Morgan fingerprint density at radius 3 is 2.06 bits per heavy atom. The maximum absolute atomic E-state index is 12.1. The Kier molecular flexibility index (Phi) is 11.6. The van der Waals surface area contributed by atoms with E-state index in [4.69, 9.17) is 4.99 Å². The number of carbonyl (C=O) groups is 1. The molecular weight excluding hydrogens is 535 g/mol. The zero-order chi connectivity index (χ0) is 23.5. The minimum atomic E-state index is 0. The predicted molar refractivity (Wildman–Crippen MR) is 152 cm³/mol. The van der Waals surface area contributed by atoms with Gasteiger partial charge < -0.3 is 15.5 Å². The number of carbonyl (C=O) groups excluding carboxylic acids is 1. The average molecular weight is 571 g/mol. The molecule has 0 saturated carbocycles. The molecule has 6 heteroatoms. The topological polar surface area (TPSA) is 56.7 Å². The third-order valence-electron chi connectivity index (χ3n) is 5.48. The summed E-state index contributed by atoms with van der Waals surface area (Å²) in [5.41, 5.74) is 4.38. The second kappa shape index (κ2) is 14.4. The van der Waals surface area contributed by atoms with Crippen molar-refractivity contribution in [2.75, 3.05) is 27.2 Å². The first-order valence-corrected chi connectivity index (χ1v) is 11.5. The molecule has 3 rings (SSSR count). The van der Waals surface area contributed by atoms with Crippen LogP contribution in [0.2, 0.25) is 0 Å². The van der Waals surface area contributed by atoms with Crippen LogP contribution >= 0.6 is 24.0 Å². The molecule has 0 spiro atoms. The van der Waals surface area contributed by atoms with Crippen molar-refractivity contribution >= 4 is 35.8 Å². The van der Waals surface area contributed by atoms with Crippen molar-refractivity contribution < 1.29 is 4.79 Å². The van der Waals surface area contributed by atoms with Gasteiger partial charge in [0, 0.05) is 38.7 Å². The Morgan fingerprint density at radius 2 is 1.47 bits per heavy atom. The summed E-state index contributed by atoms with van der Waals surface area (Å²) >= 11 is 0. The van der Waals surface area contributed by atoms with E-state index in [9.17, 15) is 4.79 Å². The fraction of sp³-hybridized carbons (Fsp3) is 0.286. The van der Waals surface area contributed by atoms with Gasteiger partial charge in [0.1, 0.15) is 0 Å². The maximum atomic E-state index is 12.1. The van der Waals surface area contributed by atoms with Crippen LogP contribution in [0, 0.1) is 0 Å². The second-order valence-corrected chi connectivity index (χ2v) is 8.27. The van der Waals surface area contributed by atoms with Crippen LogP contribution in [-0.4, -0.2) is 44.0 Å². The van der Waals surface area contributed by atoms with Crippen LogP contribution in [-0.2, 0) is 13.0 Å². The molecule has 180 valence electrons. The van der Waals surface area contributed by atoms with Gasteiger partial charge in [0.05, 0.1) is 6.54 Å². The smallest absolute Gasteiger partial charge is 0.253 e. The van der Waals surface area contributed by atoms with E-state index in [0.29, 0.717) is 18.0 Å². The largest absolute Gasteiger partial charge is 0.357 e. The fourth-order valence-electron chi connectivity index (χ4n) is 3.67. The number of hydrogen-bond donors (Lipinski definition) is 2. The normalized spacial score (nSPS) is 11.8. The lowest BCUT2D eigenvalue weighted by atomic mass is 9.92. The lowest BCUT2D eigenvalue weighted by molar-refractivity contribution is 0.0827. The lowest BCUT2D eigenvalue weighted by Gasteiger charge is -2.20. The quantitative estimate of drug-likeness (QED) is 0.214. The van der Waals surface area contributed by atoms with Crippen molar-refractivity contribution in [1.29, 1.82) is 0 Å². The maximum Gasteiger partial charge on any atom is 0.253 e. The van der Waals surface area contributed by atoms with Gasteiger partial charge in [-0.1, -0.05) is 72.8 Å². The molecule has 0 saturated heterocycles. The van der Waals surface area contributed by atoms with Gasteiger partial charge in [-0.25, -0.2) is 4.99 Å². The number of rotatable bonds is 9. The van der Waals surface area contributed by atoms with Crippen LogP contribution < -0.4 is 10.6 Å². The molecule has 0 fully saturated rings. The Morgan fingerprint density at radius 1 is 0.853 bits per heavy atom. The van der Waals surface area contributed by atoms with Crippen LogP contribution in [0.3, 0.4) is 0 Å². The van der Waals surface area contributed by atoms with Crippen molar-refractivity contribution in [2.24, 2.45) is 4.99 Å². The molecule has 34 heavy (non-hydrogen) atoms. The minimum Gasteiger partial charge on any atom is -0.357 e. The van der Waals surface area contributed by atoms with Crippen molar-refractivity contribution in [3.63, 3.8) is 0 Å². The molecule has 0 aliphatic carbocycles. The number of guanidine groups is 1. The van der Waals surface area contributed by atoms with Gasteiger partial charge in [-0.15, -0.1) is 24.0 Å². The van der Waals surface area contributed by atoms with Crippen LogP contribution in [0.1, 0.15) is 39.9 Å². The molecule has 1 amide bonds. The van der Waals surface area contributed by atoms with Gasteiger partial charge in [-0.3, -0.25) is 4.79 Å². The highest BCUT2D eigenvalue weighted by atomic mass is 127. The van der Waals surface area contributed by atoms with Gasteiger partial charge in [-0.2, -0.15) is 0 Å². The predicted octanol–water partition coefficient (Wildman–Crippen LogP) is 5.09. The zero-order valence-corrected chi connectivity index (χ0v) is 22.5. The zero-order valence-electron chi connectivity index (χ0n) is 20.2. The van der Waals surface area contributed by atoms with Crippen LogP contribution in [0.5, 0.6) is 0 Å². The highest BCUT2D eigenvalue weighted by Gasteiger charge is 2.13.